The van der Waals surface area contributed by atoms with Crippen LogP contribution in [0.1, 0.15) is 5.56 Å². The van der Waals surface area contributed by atoms with E-state index in [4.69, 9.17) is 17.0 Å². The summed E-state index contributed by atoms with van der Waals surface area (Å²) >= 11 is 5.14. The maximum atomic E-state index is 12.2. The average Bonchev–Trinajstić information content (AvgIpc) is 2.54. The Labute approximate surface area is 142 Å². The first kappa shape index (κ1) is 17.4. The van der Waals surface area contributed by atoms with Gasteiger partial charge in [0.15, 0.2) is 9.84 Å². The molecule has 0 spiro atoms. The highest BCUT2D eigenvalue weighted by molar-refractivity contribution is 7.91. The molecule has 2 aromatic carbocycles. The van der Waals surface area contributed by atoms with Crippen LogP contribution in [0.25, 0.3) is 0 Å². The standard InChI is InChI=1S/C17H19NO3S2/c1-14-7-9-16(10-8-14)23(19,20)12-11-18-17(22)13-21-15-5-3-2-4-6-15/h2-10H,11-13H2,1H3,(H,18,22). The number of sulfone groups is 1. The summed E-state index contributed by atoms with van der Waals surface area (Å²) in [5.74, 6) is 0.713. The summed E-state index contributed by atoms with van der Waals surface area (Å²) in [4.78, 5) is 0.810. The fraction of sp³-hybridized carbons (Fsp3) is 0.235. The summed E-state index contributed by atoms with van der Waals surface area (Å²) in [6.45, 7) is 2.40. The molecular formula is C17H19NO3S2. The molecule has 0 aromatic heterocycles. The number of benzene rings is 2. The number of hydrogen-bond donors (Lipinski definition) is 1. The molecule has 2 rings (SSSR count). The maximum Gasteiger partial charge on any atom is 0.180 e. The Morgan fingerprint density at radius 1 is 1.09 bits per heavy atom. The van der Waals surface area contributed by atoms with E-state index in [0.29, 0.717) is 9.88 Å². The summed E-state index contributed by atoms with van der Waals surface area (Å²) in [7, 11) is -3.30. The van der Waals surface area contributed by atoms with E-state index in [1.807, 2.05) is 37.3 Å². The molecule has 0 aliphatic carbocycles. The van der Waals surface area contributed by atoms with Gasteiger partial charge < -0.3 is 10.1 Å². The molecule has 0 aliphatic rings. The van der Waals surface area contributed by atoms with E-state index in [2.05, 4.69) is 5.32 Å². The minimum Gasteiger partial charge on any atom is -0.486 e. The highest BCUT2D eigenvalue weighted by Gasteiger charge is 2.13. The van der Waals surface area contributed by atoms with Gasteiger partial charge in [-0.05, 0) is 31.2 Å². The van der Waals surface area contributed by atoms with Crippen LogP contribution in [-0.2, 0) is 9.84 Å². The quantitative estimate of drug-likeness (QED) is 0.779. The first-order chi connectivity index (χ1) is 11.0. The lowest BCUT2D eigenvalue weighted by Crippen LogP contribution is -2.31. The van der Waals surface area contributed by atoms with Crippen LogP contribution in [0, 0.1) is 6.92 Å². The van der Waals surface area contributed by atoms with E-state index in [0.717, 1.165) is 11.3 Å². The maximum absolute atomic E-state index is 12.2. The third kappa shape index (κ3) is 5.65. The average molecular weight is 349 g/mol. The third-order valence-corrected chi connectivity index (χ3v) is 5.18. The number of hydrogen-bond acceptors (Lipinski definition) is 4. The smallest absolute Gasteiger partial charge is 0.180 e. The minimum atomic E-state index is -3.30. The van der Waals surface area contributed by atoms with Crippen molar-refractivity contribution in [1.29, 1.82) is 0 Å². The highest BCUT2D eigenvalue weighted by Crippen LogP contribution is 2.11. The van der Waals surface area contributed by atoms with Gasteiger partial charge in [-0.1, -0.05) is 48.1 Å². The highest BCUT2D eigenvalue weighted by atomic mass is 32.2. The summed E-state index contributed by atoms with van der Waals surface area (Å²) in [5, 5.41) is 2.92. The molecule has 122 valence electrons. The van der Waals surface area contributed by atoms with Crippen molar-refractivity contribution in [2.75, 3.05) is 18.9 Å². The predicted molar refractivity (Wildman–Crippen MR) is 95.8 cm³/mol. The Morgan fingerprint density at radius 2 is 1.74 bits per heavy atom. The zero-order valence-electron chi connectivity index (χ0n) is 12.9. The SMILES string of the molecule is Cc1ccc(S(=O)(=O)CCNC(=S)COc2ccccc2)cc1. The molecule has 0 fully saturated rings. The summed E-state index contributed by atoms with van der Waals surface area (Å²) < 4.78 is 29.9. The van der Waals surface area contributed by atoms with E-state index in [1.54, 1.807) is 24.3 Å². The number of rotatable bonds is 7. The van der Waals surface area contributed by atoms with Gasteiger partial charge in [0, 0.05) is 6.54 Å². The fourth-order valence-electron chi connectivity index (χ4n) is 1.90. The van der Waals surface area contributed by atoms with Gasteiger partial charge in [-0.3, -0.25) is 0 Å². The Balaban J connectivity index is 1.77. The molecule has 4 nitrogen and oxygen atoms in total. The van der Waals surface area contributed by atoms with Crippen molar-refractivity contribution in [2.24, 2.45) is 0 Å². The molecule has 2 aromatic rings. The first-order valence-corrected chi connectivity index (χ1v) is 9.27. The van der Waals surface area contributed by atoms with Crippen LogP contribution in [0.2, 0.25) is 0 Å². The lowest BCUT2D eigenvalue weighted by Gasteiger charge is -2.10. The third-order valence-electron chi connectivity index (χ3n) is 3.19. The number of ether oxygens (including phenoxy) is 1. The molecule has 1 N–H and O–H groups in total. The van der Waals surface area contributed by atoms with E-state index in [-0.39, 0.29) is 18.9 Å². The first-order valence-electron chi connectivity index (χ1n) is 7.21. The van der Waals surface area contributed by atoms with E-state index in [9.17, 15) is 8.42 Å². The lowest BCUT2D eigenvalue weighted by atomic mass is 10.2. The molecular weight excluding hydrogens is 330 g/mol. The van der Waals surface area contributed by atoms with Crippen molar-refractivity contribution in [3.63, 3.8) is 0 Å². The zero-order valence-corrected chi connectivity index (χ0v) is 14.5. The second-order valence-electron chi connectivity index (χ2n) is 5.08. The van der Waals surface area contributed by atoms with E-state index >= 15 is 0 Å². The second-order valence-corrected chi connectivity index (χ2v) is 7.69. The normalized spacial score (nSPS) is 11.0. The van der Waals surface area contributed by atoms with Crippen molar-refractivity contribution < 1.29 is 13.2 Å². The molecule has 0 saturated carbocycles. The molecule has 23 heavy (non-hydrogen) atoms. The summed E-state index contributed by atoms with van der Waals surface area (Å²) in [6.07, 6.45) is 0. The number of para-hydroxylation sites is 1. The van der Waals surface area contributed by atoms with Crippen molar-refractivity contribution in [1.82, 2.24) is 5.32 Å². The molecule has 0 bridgehead atoms. The fourth-order valence-corrected chi connectivity index (χ4v) is 3.22. The number of aryl methyl sites for hydroxylation is 1. The minimum absolute atomic E-state index is 0.0124. The van der Waals surface area contributed by atoms with Crippen molar-refractivity contribution in [3.8, 4) is 5.75 Å². The van der Waals surface area contributed by atoms with Gasteiger partial charge in [-0.25, -0.2) is 8.42 Å². The predicted octanol–water partition coefficient (Wildman–Crippen LogP) is 2.76. The van der Waals surface area contributed by atoms with Crippen LogP contribution in [0.4, 0.5) is 0 Å². The van der Waals surface area contributed by atoms with Crippen LogP contribution in [0.3, 0.4) is 0 Å². The molecule has 6 heteroatoms. The summed E-state index contributed by atoms with van der Waals surface area (Å²) in [6, 6.07) is 16.2. The van der Waals surface area contributed by atoms with Gasteiger partial charge >= 0.3 is 0 Å². The van der Waals surface area contributed by atoms with Crippen molar-refractivity contribution >= 4 is 27.0 Å². The van der Waals surface area contributed by atoms with Crippen LogP contribution in [0.5, 0.6) is 5.75 Å². The second kappa shape index (κ2) is 8.08. The van der Waals surface area contributed by atoms with Crippen molar-refractivity contribution in [3.05, 3.63) is 60.2 Å². The Morgan fingerprint density at radius 3 is 2.39 bits per heavy atom. The van der Waals surface area contributed by atoms with Gasteiger partial charge in [0.05, 0.1) is 10.6 Å². The number of thiocarbonyl (C=S) groups is 1. The van der Waals surface area contributed by atoms with Gasteiger partial charge in [-0.2, -0.15) is 0 Å². The lowest BCUT2D eigenvalue weighted by molar-refractivity contribution is 0.375. The van der Waals surface area contributed by atoms with Crippen LogP contribution >= 0.6 is 12.2 Å². The molecule has 0 heterocycles. The molecule has 0 amide bonds. The Kier molecular flexibility index (Phi) is 6.12. The van der Waals surface area contributed by atoms with Gasteiger partial charge in [-0.15, -0.1) is 0 Å². The van der Waals surface area contributed by atoms with Gasteiger partial charge in [0.25, 0.3) is 0 Å². The van der Waals surface area contributed by atoms with E-state index < -0.39 is 9.84 Å². The molecule has 0 unspecified atom stereocenters. The number of nitrogens with one attached hydrogen (secondary N) is 1. The topological polar surface area (TPSA) is 55.4 Å². The van der Waals surface area contributed by atoms with Crippen LogP contribution in [0.15, 0.2) is 59.5 Å². The molecule has 0 saturated heterocycles. The van der Waals surface area contributed by atoms with E-state index in [1.165, 1.54) is 0 Å². The Hall–Kier alpha value is -1.92. The Bertz CT molecular complexity index is 741. The molecule has 0 aliphatic heterocycles. The van der Waals surface area contributed by atoms with Crippen LogP contribution in [-0.4, -0.2) is 32.3 Å². The monoisotopic (exact) mass is 349 g/mol. The van der Waals surface area contributed by atoms with Gasteiger partial charge in [0.2, 0.25) is 0 Å². The van der Waals surface area contributed by atoms with Gasteiger partial charge in [0.1, 0.15) is 17.3 Å². The summed E-state index contributed by atoms with van der Waals surface area (Å²) in [5.41, 5.74) is 1.03. The zero-order chi connectivity index (χ0) is 16.7. The van der Waals surface area contributed by atoms with Crippen molar-refractivity contribution in [2.45, 2.75) is 11.8 Å². The van der Waals surface area contributed by atoms with Crippen LogP contribution < -0.4 is 10.1 Å². The molecule has 0 atom stereocenters. The largest absolute Gasteiger partial charge is 0.486 e. The molecule has 0 radical (unpaired) electrons.